The van der Waals surface area contributed by atoms with Crippen LogP contribution in [0.3, 0.4) is 0 Å². The van der Waals surface area contributed by atoms with Gasteiger partial charge in [0.25, 0.3) is 5.91 Å². The number of amides is 1. The summed E-state index contributed by atoms with van der Waals surface area (Å²) in [5, 5.41) is 3.22. The Bertz CT molecular complexity index is 712. The van der Waals surface area contributed by atoms with Gasteiger partial charge in [0.05, 0.1) is 19.3 Å². The van der Waals surface area contributed by atoms with Crippen LogP contribution in [0.5, 0.6) is 0 Å². The van der Waals surface area contributed by atoms with Crippen LogP contribution in [0.15, 0.2) is 54.6 Å². The average molecular weight is 353 g/mol. The molecule has 5 heteroatoms. The highest BCUT2D eigenvalue weighted by atomic mass is 16.5. The number of hydrogen-bond donors (Lipinski definition) is 1. The first-order valence-corrected chi connectivity index (χ1v) is 9.07. The number of nitrogens with zero attached hydrogens (tertiary/aromatic N) is 2. The molecule has 1 unspecified atom stereocenters. The molecule has 1 saturated heterocycles. The lowest BCUT2D eigenvalue weighted by Crippen LogP contribution is -2.43. The van der Waals surface area contributed by atoms with Gasteiger partial charge in [-0.2, -0.15) is 0 Å². The molecule has 0 aromatic heterocycles. The van der Waals surface area contributed by atoms with E-state index in [1.54, 1.807) is 0 Å². The molecule has 0 saturated carbocycles. The number of carbonyl (C=O) groups is 1. The highest BCUT2D eigenvalue weighted by Crippen LogP contribution is 2.18. The Labute approximate surface area is 155 Å². The van der Waals surface area contributed by atoms with Crippen molar-refractivity contribution in [2.45, 2.75) is 6.04 Å². The molecule has 1 amide bonds. The van der Waals surface area contributed by atoms with Crippen LogP contribution in [0, 0.1) is 0 Å². The first kappa shape index (κ1) is 18.4. The molecule has 1 heterocycles. The van der Waals surface area contributed by atoms with Crippen molar-refractivity contribution >= 4 is 11.6 Å². The summed E-state index contributed by atoms with van der Waals surface area (Å²) >= 11 is 0. The van der Waals surface area contributed by atoms with Crippen LogP contribution in [0.1, 0.15) is 22.0 Å². The molecular formula is C21H27N3O2. The van der Waals surface area contributed by atoms with Crippen molar-refractivity contribution in [1.82, 2.24) is 10.2 Å². The number of benzene rings is 2. The second-order valence-corrected chi connectivity index (χ2v) is 6.79. The van der Waals surface area contributed by atoms with Crippen LogP contribution >= 0.6 is 0 Å². The van der Waals surface area contributed by atoms with Gasteiger partial charge in [-0.25, -0.2) is 0 Å². The van der Waals surface area contributed by atoms with Crippen LogP contribution in [0.25, 0.3) is 0 Å². The Morgan fingerprint density at radius 3 is 2.54 bits per heavy atom. The van der Waals surface area contributed by atoms with E-state index in [1.807, 2.05) is 61.5 Å². The predicted molar refractivity (Wildman–Crippen MR) is 105 cm³/mol. The maximum absolute atomic E-state index is 12.9. The van der Waals surface area contributed by atoms with E-state index in [9.17, 15) is 4.79 Å². The summed E-state index contributed by atoms with van der Waals surface area (Å²) < 4.78 is 5.44. The highest BCUT2D eigenvalue weighted by Gasteiger charge is 2.20. The van der Waals surface area contributed by atoms with Crippen molar-refractivity contribution in [3.63, 3.8) is 0 Å². The molecule has 26 heavy (non-hydrogen) atoms. The van der Waals surface area contributed by atoms with Gasteiger partial charge in [0.15, 0.2) is 0 Å². The summed E-state index contributed by atoms with van der Waals surface area (Å²) in [6.45, 7) is 4.08. The Morgan fingerprint density at radius 1 is 1.12 bits per heavy atom. The minimum Gasteiger partial charge on any atom is -0.379 e. The maximum atomic E-state index is 12.9. The Hall–Kier alpha value is -2.37. The molecule has 0 aliphatic carbocycles. The average Bonchev–Trinajstić information content (AvgIpc) is 2.69. The molecule has 5 nitrogen and oxygen atoms in total. The van der Waals surface area contributed by atoms with Crippen molar-refractivity contribution < 1.29 is 9.53 Å². The second-order valence-electron chi connectivity index (χ2n) is 6.79. The summed E-state index contributed by atoms with van der Waals surface area (Å²) in [5.74, 6) is -0.0455. The van der Waals surface area contributed by atoms with Crippen LogP contribution in [0.2, 0.25) is 0 Å². The van der Waals surface area contributed by atoms with E-state index >= 15 is 0 Å². The first-order chi connectivity index (χ1) is 12.6. The lowest BCUT2D eigenvalue weighted by atomic mass is 10.0. The summed E-state index contributed by atoms with van der Waals surface area (Å²) in [4.78, 5) is 17.2. The fourth-order valence-electron chi connectivity index (χ4n) is 3.13. The van der Waals surface area contributed by atoms with E-state index in [-0.39, 0.29) is 11.9 Å². The smallest absolute Gasteiger partial charge is 0.251 e. The van der Waals surface area contributed by atoms with E-state index in [0.29, 0.717) is 5.56 Å². The molecule has 0 radical (unpaired) electrons. The quantitative estimate of drug-likeness (QED) is 0.867. The Kier molecular flexibility index (Phi) is 6.26. The van der Waals surface area contributed by atoms with Crippen molar-refractivity contribution in [2.24, 2.45) is 0 Å². The summed E-state index contributed by atoms with van der Waals surface area (Å²) in [6.07, 6.45) is 0. The second kappa shape index (κ2) is 8.83. The van der Waals surface area contributed by atoms with Crippen molar-refractivity contribution in [2.75, 3.05) is 51.8 Å². The molecule has 138 valence electrons. The molecule has 1 fully saturated rings. The van der Waals surface area contributed by atoms with E-state index in [1.165, 1.54) is 0 Å². The molecule has 0 spiro atoms. The minimum atomic E-state index is -0.0511. The third-order valence-corrected chi connectivity index (χ3v) is 4.68. The third kappa shape index (κ3) is 4.84. The largest absolute Gasteiger partial charge is 0.379 e. The first-order valence-electron chi connectivity index (χ1n) is 9.07. The van der Waals surface area contributed by atoms with Gasteiger partial charge >= 0.3 is 0 Å². The zero-order valence-electron chi connectivity index (χ0n) is 15.5. The molecule has 2 aromatic rings. The molecule has 3 rings (SSSR count). The van der Waals surface area contributed by atoms with Crippen molar-refractivity contribution in [1.29, 1.82) is 0 Å². The van der Waals surface area contributed by atoms with Gasteiger partial charge in [-0.1, -0.05) is 36.4 Å². The van der Waals surface area contributed by atoms with Crippen molar-refractivity contribution in [3.8, 4) is 0 Å². The molecule has 1 atom stereocenters. The summed E-state index contributed by atoms with van der Waals surface area (Å²) in [6, 6.07) is 17.8. The topological polar surface area (TPSA) is 44.8 Å². The van der Waals surface area contributed by atoms with Gasteiger partial charge in [-0.05, 0) is 23.8 Å². The fourth-order valence-corrected chi connectivity index (χ4v) is 3.13. The number of morpholine rings is 1. The Morgan fingerprint density at radius 2 is 1.85 bits per heavy atom. The number of hydrogen-bond acceptors (Lipinski definition) is 4. The normalized spacial score (nSPS) is 16.1. The molecule has 2 aromatic carbocycles. The lowest BCUT2D eigenvalue weighted by molar-refractivity contribution is 0.0332. The lowest BCUT2D eigenvalue weighted by Gasteiger charge is -2.31. The van der Waals surface area contributed by atoms with E-state index in [4.69, 9.17) is 4.74 Å². The van der Waals surface area contributed by atoms with E-state index in [0.717, 1.165) is 44.1 Å². The minimum absolute atomic E-state index is 0.0455. The zero-order valence-corrected chi connectivity index (χ0v) is 15.5. The molecule has 1 aliphatic heterocycles. The monoisotopic (exact) mass is 353 g/mol. The molecule has 0 bridgehead atoms. The van der Waals surface area contributed by atoms with Crippen LogP contribution in [-0.2, 0) is 4.74 Å². The highest BCUT2D eigenvalue weighted by molar-refractivity contribution is 5.95. The van der Waals surface area contributed by atoms with Gasteiger partial charge in [-0.15, -0.1) is 0 Å². The molecule has 1 aliphatic rings. The standard InChI is InChI=1S/C21H27N3O2/c1-23(2)19-10-6-9-18(15-19)21(25)22-20(17-7-4-3-5-8-17)16-24-11-13-26-14-12-24/h3-10,15,20H,11-14,16H2,1-2H3,(H,22,25). The maximum Gasteiger partial charge on any atom is 0.251 e. The fraction of sp³-hybridized carbons (Fsp3) is 0.381. The third-order valence-electron chi connectivity index (χ3n) is 4.68. The predicted octanol–water partition coefficient (Wildman–Crippen LogP) is 2.56. The zero-order chi connectivity index (χ0) is 18.4. The summed E-state index contributed by atoms with van der Waals surface area (Å²) in [7, 11) is 3.95. The van der Waals surface area contributed by atoms with E-state index in [2.05, 4.69) is 22.3 Å². The van der Waals surface area contributed by atoms with Crippen molar-refractivity contribution in [3.05, 3.63) is 65.7 Å². The number of ether oxygens (including phenoxy) is 1. The van der Waals surface area contributed by atoms with E-state index < -0.39 is 0 Å². The van der Waals surface area contributed by atoms with Crippen LogP contribution < -0.4 is 10.2 Å². The van der Waals surface area contributed by atoms with Gasteiger partial charge in [0, 0.05) is 45.0 Å². The van der Waals surface area contributed by atoms with Gasteiger partial charge in [-0.3, -0.25) is 9.69 Å². The molecular weight excluding hydrogens is 326 g/mol. The SMILES string of the molecule is CN(C)c1cccc(C(=O)NC(CN2CCOCC2)c2ccccc2)c1. The van der Waals surface area contributed by atoms with Gasteiger partial charge in [0.1, 0.15) is 0 Å². The van der Waals surface area contributed by atoms with Crippen LogP contribution in [-0.4, -0.2) is 57.8 Å². The molecule has 1 N–H and O–H groups in total. The number of nitrogens with one attached hydrogen (secondary N) is 1. The number of carbonyl (C=O) groups excluding carboxylic acids is 1. The summed E-state index contributed by atoms with van der Waals surface area (Å²) in [5.41, 5.74) is 2.82. The van der Waals surface area contributed by atoms with Gasteiger partial charge in [0.2, 0.25) is 0 Å². The number of rotatable bonds is 6. The number of anilines is 1. The van der Waals surface area contributed by atoms with Crippen LogP contribution in [0.4, 0.5) is 5.69 Å². The Balaban J connectivity index is 1.76. The van der Waals surface area contributed by atoms with Gasteiger partial charge < -0.3 is 15.0 Å².